The molecule has 1 aliphatic rings. The van der Waals surface area contributed by atoms with E-state index in [9.17, 15) is 18.7 Å². The minimum absolute atomic E-state index is 0.0469. The van der Waals surface area contributed by atoms with Crippen molar-refractivity contribution in [3.63, 3.8) is 0 Å². The highest BCUT2D eigenvalue weighted by molar-refractivity contribution is 14.1. The second kappa shape index (κ2) is 15.5. The molecule has 0 saturated carbocycles. The molecule has 230 valence electrons. The Morgan fingerprint density at radius 1 is 0.886 bits per heavy atom. The molecule has 2 unspecified atom stereocenters. The number of aromatic nitrogens is 1. The van der Waals surface area contributed by atoms with Crippen molar-refractivity contribution >= 4 is 34.3 Å². The van der Waals surface area contributed by atoms with Crippen molar-refractivity contribution in [3.8, 4) is 0 Å². The number of piperazine rings is 1. The number of halogens is 3. The second-order valence-corrected chi connectivity index (χ2v) is 12.3. The molecule has 3 N–H and O–H groups in total. The molecule has 44 heavy (non-hydrogen) atoms. The Balaban J connectivity index is 1.19. The minimum atomic E-state index is -1.02. The van der Waals surface area contributed by atoms with Crippen LogP contribution in [0.5, 0.6) is 0 Å². The van der Waals surface area contributed by atoms with Crippen molar-refractivity contribution in [2.24, 2.45) is 0 Å². The molecule has 1 amide bonds. The first kappa shape index (κ1) is 32.0. The first-order valence-corrected chi connectivity index (χ1v) is 15.8. The van der Waals surface area contributed by atoms with Crippen LogP contribution in [0.4, 0.5) is 14.6 Å². The third kappa shape index (κ3) is 9.28. The molecule has 1 aromatic heterocycles. The maximum atomic E-state index is 13.9. The molecule has 3 aromatic carbocycles. The van der Waals surface area contributed by atoms with Crippen molar-refractivity contribution in [1.29, 1.82) is 0 Å². The SMILES string of the molecule is O=C(NC(Cc1cc(F)cc(F)c1)C(O)CNCc1cccc(I)c1)c1ccc(N2CCN(Cc3ccccc3)CC2)nc1. The fraction of sp³-hybridized carbons (Fsp3) is 0.294. The molecule has 0 bridgehead atoms. The summed E-state index contributed by atoms with van der Waals surface area (Å²) in [5, 5.41) is 17.2. The third-order valence-electron chi connectivity index (χ3n) is 7.69. The van der Waals surface area contributed by atoms with Gasteiger partial charge in [0.25, 0.3) is 5.91 Å². The van der Waals surface area contributed by atoms with Gasteiger partial charge in [-0.2, -0.15) is 0 Å². The van der Waals surface area contributed by atoms with E-state index in [0.29, 0.717) is 17.7 Å². The standard InChI is InChI=1S/C34H36F2IN5O2/c35-28-15-26(16-29(36)19-28)18-31(32(43)22-38-20-25-7-4-8-30(37)17-25)40-34(44)27-9-10-33(39-21-27)42-13-11-41(12-14-42)23-24-5-2-1-3-6-24/h1-10,15-17,19,21,31-32,38,43H,11-14,18,20,22-23H2,(H,40,44). The van der Waals surface area contributed by atoms with Gasteiger partial charge < -0.3 is 20.6 Å². The molecule has 10 heteroatoms. The first-order valence-electron chi connectivity index (χ1n) is 14.7. The van der Waals surface area contributed by atoms with Gasteiger partial charge in [0.05, 0.1) is 17.7 Å². The smallest absolute Gasteiger partial charge is 0.253 e. The van der Waals surface area contributed by atoms with Crippen molar-refractivity contribution in [3.05, 3.63) is 129 Å². The van der Waals surface area contributed by atoms with Crippen LogP contribution in [0, 0.1) is 15.2 Å². The molecule has 4 aromatic rings. The summed E-state index contributed by atoms with van der Waals surface area (Å²) in [4.78, 5) is 22.4. The number of hydrogen-bond acceptors (Lipinski definition) is 6. The Morgan fingerprint density at radius 2 is 1.61 bits per heavy atom. The predicted octanol–water partition coefficient (Wildman–Crippen LogP) is 4.78. The van der Waals surface area contributed by atoms with Crippen molar-refractivity contribution < 1.29 is 18.7 Å². The molecular formula is C34H36F2IN5O2. The number of carbonyl (C=O) groups excluding carboxylic acids is 1. The topological polar surface area (TPSA) is 80.7 Å². The van der Waals surface area contributed by atoms with Crippen LogP contribution in [0.25, 0.3) is 0 Å². The number of aliphatic hydroxyl groups excluding tert-OH is 1. The van der Waals surface area contributed by atoms with Crippen molar-refractivity contribution in [2.75, 3.05) is 37.6 Å². The Bertz CT molecular complexity index is 1500. The maximum Gasteiger partial charge on any atom is 0.253 e. The van der Waals surface area contributed by atoms with Crippen LogP contribution in [0.15, 0.2) is 91.1 Å². The third-order valence-corrected chi connectivity index (χ3v) is 8.36. The van der Waals surface area contributed by atoms with Gasteiger partial charge in [-0.05, 0) is 82.1 Å². The van der Waals surface area contributed by atoms with E-state index in [4.69, 9.17) is 0 Å². The summed E-state index contributed by atoms with van der Waals surface area (Å²) in [6, 6.07) is 24.4. The van der Waals surface area contributed by atoms with Gasteiger partial charge >= 0.3 is 0 Å². The number of rotatable bonds is 12. The van der Waals surface area contributed by atoms with E-state index in [2.05, 4.69) is 72.3 Å². The Hall–Kier alpha value is -3.45. The molecule has 0 aliphatic carbocycles. The summed E-state index contributed by atoms with van der Waals surface area (Å²) in [7, 11) is 0. The van der Waals surface area contributed by atoms with Gasteiger partial charge in [-0.25, -0.2) is 13.8 Å². The summed E-state index contributed by atoms with van der Waals surface area (Å²) < 4.78 is 28.9. The molecule has 1 aliphatic heterocycles. The molecule has 2 atom stereocenters. The largest absolute Gasteiger partial charge is 0.390 e. The highest BCUT2D eigenvalue weighted by atomic mass is 127. The Labute approximate surface area is 270 Å². The van der Waals surface area contributed by atoms with Gasteiger partial charge in [0.2, 0.25) is 0 Å². The number of anilines is 1. The fourth-order valence-corrected chi connectivity index (χ4v) is 5.96. The normalized spacial score (nSPS) is 15.1. The van der Waals surface area contributed by atoms with Gasteiger partial charge in [-0.15, -0.1) is 0 Å². The zero-order chi connectivity index (χ0) is 30.9. The van der Waals surface area contributed by atoms with Gasteiger partial charge in [0.1, 0.15) is 17.5 Å². The average molecular weight is 712 g/mol. The molecule has 7 nitrogen and oxygen atoms in total. The molecule has 0 radical (unpaired) electrons. The van der Waals surface area contributed by atoms with E-state index in [0.717, 1.165) is 53.7 Å². The lowest BCUT2D eigenvalue weighted by molar-refractivity contribution is 0.0829. The molecule has 1 saturated heterocycles. The van der Waals surface area contributed by atoms with E-state index in [1.165, 1.54) is 23.9 Å². The molecule has 0 spiro atoms. The lowest BCUT2D eigenvalue weighted by Crippen LogP contribution is -2.48. The van der Waals surface area contributed by atoms with Crippen LogP contribution < -0.4 is 15.5 Å². The van der Waals surface area contributed by atoms with Crippen LogP contribution in [0.2, 0.25) is 0 Å². The Morgan fingerprint density at radius 3 is 2.30 bits per heavy atom. The number of nitrogens with zero attached hydrogens (tertiary/aromatic N) is 3. The monoisotopic (exact) mass is 711 g/mol. The Kier molecular flexibility index (Phi) is 11.3. The summed E-state index contributed by atoms with van der Waals surface area (Å²) in [6.45, 7) is 5.10. The highest BCUT2D eigenvalue weighted by Gasteiger charge is 2.24. The number of pyridine rings is 1. The van der Waals surface area contributed by atoms with Crippen LogP contribution in [0.3, 0.4) is 0 Å². The van der Waals surface area contributed by atoms with Gasteiger partial charge in [-0.1, -0.05) is 42.5 Å². The van der Waals surface area contributed by atoms with Crippen LogP contribution in [-0.2, 0) is 19.5 Å². The summed E-state index contributed by atoms with van der Waals surface area (Å²) >= 11 is 2.24. The number of carbonyl (C=O) groups is 1. The predicted molar refractivity (Wildman–Crippen MR) is 176 cm³/mol. The number of amides is 1. The number of benzene rings is 3. The van der Waals surface area contributed by atoms with E-state index in [1.807, 2.05) is 36.4 Å². The van der Waals surface area contributed by atoms with Gasteiger partial charge in [0.15, 0.2) is 0 Å². The molecule has 1 fully saturated rings. The zero-order valence-electron chi connectivity index (χ0n) is 24.3. The molecule has 2 heterocycles. The van der Waals surface area contributed by atoms with Gasteiger partial charge in [-0.3, -0.25) is 9.69 Å². The summed E-state index contributed by atoms with van der Waals surface area (Å²) in [6.07, 6.45) is 0.555. The molecule has 5 rings (SSSR count). The number of aliphatic hydroxyl groups is 1. The quantitative estimate of drug-likeness (QED) is 0.184. The zero-order valence-corrected chi connectivity index (χ0v) is 26.5. The van der Waals surface area contributed by atoms with Crippen LogP contribution in [0.1, 0.15) is 27.0 Å². The van der Waals surface area contributed by atoms with E-state index < -0.39 is 29.7 Å². The van der Waals surface area contributed by atoms with Crippen LogP contribution >= 0.6 is 22.6 Å². The van der Waals surface area contributed by atoms with Crippen molar-refractivity contribution in [2.45, 2.75) is 31.7 Å². The van der Waals surface area contributed by atoms with Crippen LogP contribution in [-0.4, -0.2) is 65.8 Å². The maximum absolute atomic E-state index is 13.9. The number of nitrogens with one attached hydrogen (secondary N) is 2. The summed E-state index contributed by atoms with van der Waals surface area (Å²) in [5.74, 6) is -1.04. The fourth-order valence-electron chi connectivity index (χ4n) is 5.36. The summed E-state index contributed by atoms with van der Waals surface area (Å²) in [5.41, 5.74) is 3.03. The minimum Gasteiger partial charge on any atom is -0.390 e. The molecular weight excluding hydrogens is 675 g/mol. The highest BCUT2D eigenvalue weighted by Crippen LogP contribution is 2.17. The van der Waals surface area contributed by atoms with E-state index in [1.54, 1.807) is 6.07 Å². The van der Waals surface area contributed by atoms with Crippen molar-refractivity contribution in [1.82, 2.24) is 20.5 Å². The average Bonchev–Trinajstić information content (AvgIpc) is 3.01. The second-order valence-electron chi connectivity index (χ2n) is 11.0. The van der Waals surface area contributed by atoms with E-state index in [-0.39, 0.29) is 13.0 Å². The van der Waals surface area contributed by atoms with E-state index >= 15 is 0 Å². The first-order chi connectivity index (χ1) is 21.3. The lowest BCUT2D eigenvalue weighted by Gasteiger charge is -2.35. The number of hydrogen-bond donors (Lipinski definition) is 3. The van der Waals surface area contributed by atoms with Gasteiger partial charge in [0, 0.05) is 61.6 Å². The lowest BCUT2D eigenvalue weighted by atomic mass is 10.00.